The molecule has 0 saturated carbocycles. The first-order valence-electron chi connectivity index (χ1n) is 42.6. The van der Waals surface area contributed by atoms with Crippen molar-refractivity contribution in [3.05, 3.63) is 119 Å². The number of phenolic OH excluding ortho intramolecular Hbond substituents is 4. The third-order valence-electron chi connectivity index (χ3n) is 19.7. The van der Waals surface area contributed by atoms with E-state index in [4.69, 9.17) is 64.5 Å². The Labute approximate surface area is 734 Å². The summed E-state index contributed by atoms with van der Waals surface area (Å²) in [6.45, 7) is 6.40. The molecule has 1 unspecified atom stereocenters. The molecule has 4 aromatic carbocycles. The van der Waals surface area contributed by atoms with E-state index in [1.807, 2.05) is 0 Å². The fourth-order valence-corrected chi connectivity index (χ4v) is 13.0. The Morgan fingerprint density at radius 1 is 0.310 bits per heavy atom. The molecular formula is C83H128N26O17. The topological polar surface area (TPSA) is 761 Å². The second kappa shape index (κ2) is 54.7. The molecule has 0 heterocycles. The number of hydrogen-bond donors (Lipinski definition) is 30. The highest BCUT2D eigenvalue weighted by molar-refractivity contribution is 5.99. The van der Waals surface area contributed by atoms with Gasteiger partial charge in [-0.25, -0.2) is 0 Å². The maximum absolute atomic E-state index is 15.0. The standard InChI is InChI=1S/C83H128N26O17/c1-6-67(114)99-56(71(118)109-66(44-50-25-33-54(113)34-26-50)79(126)103-60(18-12-38-98-83(93)94)75(122)108-64(40-46(4)5)77(124)101-58(16-10-36-96-81(89)90)73(120)105-62(69(86)116)42-48-21-29-52(111)30-22-48)14-8-7-13-55(84)70(117)106-65(43-49-23-31-53(112)32-24-49)78(125)102-59(17-11-37-97-82(91)92)74(121)107-63(39-45(2)3)76(123)100-57(15-9-35-95-80(87)88)72(119)104-61(68(85)115)41-47-19-27-51(110)28-20-47/h19-34,45-46,55-66,110-113H,6-18,35-44,84H2,1-5H3,(H2,85,115)(H2,86,116)(H,99,114)(H,100,123)(H,101,124)(H,102,125)(H,103,126)(H,104,119)(H,105,120)(H,106,117)(H,107,121)(H,108,122)(H,109,118)(H4,87,88,95)(H4,89,90,96)(H4,91,92,97)(H4,93,94,98)/t55-,56-,57-,58-,59-,60-,61-,62-,63-,64-,65-,66-/m0/s1/i1T,6T/t6?,55-,56-,57-,58-,59-,60-,61-,62-,63-,64-,65-,66-. The van der Waals surface area contributed by atoms with Crippen molar-refractivity contribution in [1.82, 2.24) is 79.8 Å². The van der Waals surface area contributed by atoms with Crippen LogP contribution < -0.4 is 120 Å². The first kappa shape index (κ1) is 101. The van der Waals surface area contributed by atoms with Crippen LogP contribution in [0.15, 0.2) is 97.1 Å². The van der Waals surface area contributed by atoms with Crippen molar-refractivity contribution in [3.8, 4) is 23.0 Å². The molecule has 0 spiro atoms. The van der Waals surface area contributed by atoms with Crippen LogP contribution in [0.5, 0.6) is 23.0 Å². The summed E-state index contributed by atoms with van der Waals surface area (Å²) in [7, 11) is 0. The summed E-state index contributed by atoms with van der Waals surface area (Å²) in [5.74, 6) is -14.7. The Morgan fingerprint density at radius 3 is 0.786 bits per heavy atom. The number of primary amides is 2. The minimum absolute atomic E-state index is 0.00741. The lowest BCUT2D eigenvalue weighted by molar-refractivity contribution is -0.135. The van der Waals surface area contributed by atoms with E-state index in [0.717, 1.165) is 0 Å². The SMILES string of the molecule is [3H]CC([3H])C(=O)N[C@@H](CCCC[C@H](N)C(=O)N[C@@H](Cc1ccc(O)cc1)C(=O)N[C@@H](CCCNC(=N)N)C(=O)N[C@@H](CC(C)C)C(=O)N[C@@H](CCCNC(=N)N)C(=O)N[C@@H](Cc1ccc(O)cc1)C(N)=O)C(=O)N[C@@H](Cc1ccc(O)cc1)C(=O)N[C@@H](CCCNC(=N)N)C(=O)N[C@@H](CC(C)C)C(=O)N[C@@H](CCCNC(=N)N)C(=O)N[C@@H](Cc1ccc(O)cc1)C(N)=O. The maximum atomic E-state index is 15.0. The molecule has 13 atom stereocenters. The summed E-state index contributed by atoms with van der Waals surface area (Å²) in [5.41, 5.74) is 41.9. The molecular weight excluding hydrogens is 1630 g/mol. The van der Waals surface area contributed by atoms with Crippen molar-refractivity contribution in [1.29, 1.82) is 21.6 Å². The van der Waals surface area contributed by atoms with Crippen molar-refractivity contribution < 1.29 is 85.5 Å². The molecule has 0 aliphatic rings. The van der Waals surface area contributed by atoms with Gasteiger partial charge in [0.25, 0.3) is 0 Å². The van der Waals surface area contributed by atoms with Crippen LogP contribution in [0.3, 0.4) is 0 Å². The third kappa shape index (κ3) is 40.9. The van der Waals surface area contributed by atoms with Crippen LogP contribution in [0.25, 0.3) is 0 Å². The van der Waals surface area contributed by atoms with Gasteiger partial charge in [0.05, 0.1) is 6.04 Å². The Kier molecular flexibility index (Phi) is 43.8. The van der Waals surface area contributed by atoms with E-state index < -0.39 is 175 Å². The van der Waals surface area contributed by atoms with Gasteiger partial charge in [-0.05, 0) is 160 Å². The summed E-state index contributed by atoms with van der Waals surface area (Å²) in [6, 6.07) is 5.21. The summed E-state index contributed by atoms with van der Waals surface area (Å²) < 4.78 is 16.1. The van der Waals surface area contributed by atoms with E-state index in [-0.39, 0.29) is 189 Å². The van der Waals surface area contributed by atoms with Crippen LogP contribution in [-0.4, -0.2) is 220 Å². The zero-order valence-electron chi connectivity index (χ0n) is 73.3. The fourth-order valence-electron chi connectivity index (χ4n) is 13.0. The lowest BCUT2D eigenvalue weighted by Gasteiger charge is -2.28. The van der Waals surface area contributed by atoms with Crippen molar-refractivity contribution in [3.63, 3.8) is 0 Å². The highest BCUT2D eigenvalue weighted by atomic mass is 16.3. The maximum Gasteiger partial charge on any atom is 0.243 e. The summed E-state index contributed by atoms with van der Waals surface area (Å²) in [6.07, 6.45) is -3.27. The lowest BCUT2D eigenvalue weighted by atomic mass is 10.00. The monoisotopic (exact) mass is 1770 g/mol. The second-order valence-electron chi connectivity index (χ2n) is 31.2. The Bertz CT molecular complexity index is 4370. The molecule has 43 heteroatoms. The molecule has 0 radical (unpaired) electrons. The molecule has 13 amide bonds. The van der Waals surface area contributed by atoms with Gasteiger partial charge in [0, 0.05) is 61.0 Å². The summed E-state index contributed by atoms with van der Waals surface area (Å²) >= 11 is 0. The molecule has 0 aliphatic carbocycles. The van der Waals surface area contributed by atoms with Gasteiger partial charge in [0.1, 0.15) is 89.5 Å². The molecule has 4 rings (SSSR count). The van der Waals surface area contributed by atoms with Crippen LogP contribution in [0, 0.1) is 33.5 Å². The molecule has 0 saturated heterocycles. The van der Waals surface area contributed by atoms with Crippen molar-refractivity contribution in [2.45, 2.75) is 229 Å². The smallest absolute Gasteiger partial charge is 0.243 e. The van der Waals surface area contributed by atoms with E-state index in [9.17, 15) is 82.8 Å². The predicted molar refractivity (Wildman–Crippen MR) is 469 cm³/mol. The van der Waals surface area contributed by atoms with Crippen LogP contribution >= 0.6 is 0 Å². The Balaban J connectivity index is 1.64. The summed E-state index contributed by atoms with van der Waals surface area (Å²) in [4.78, 5) is 185. The molecule has 126 heavy (non-hydrogen) atoms. The van der Waals surface area contributed by atoms with Gasteiger partial charge in [-0.1, -0.05) is 96.0 Å². The molecule has 43 nitrogen and oxygen atoms in total. The number of unbranched alkanes of at least 4 members (excludes halogenated alkanes) is 1. The fraction of sp³-hybridized carbons (Fsp3) is 0.506. The number of guanidine groups is 4. The van der Waals surface area contributed by atoms with Gasteiger partial charge in [-0.3, -0.25) is 84.0 Å². The highest BCUT2D eigenvalue weighted by Crippen LogP contribution is 2.20. The molecule has 0 fully saturated rings. The predicted octanol–water partition coefficient (Wildman–Crippen LogP) is -3.47. The molecule has 37 N–H and O–H groups in total. The van der Waals surface area contributed by atoms with E-state index in [1.54, 1.807) is 27.7 Å². The van der Waals surface area contributed by atoms with Crippen LogP contribution in [-0.2, 0) is 88.0 Å². The van der Waals surface area contributed by atoms with Gasteiger partial charge < -0.3 is 140 Å². The van der Waals surface area contributed by atoms with Crippen molar-refractivity contribution >= 4 is 101 Å². The van der Waals surface area contributed by atoms with E-state index in [2.05, 4.69) is 79.8 Å². The number of aromatic hydroxyl groups is 4. The van der Waals surface area contributed by atoms with E-state index in [1.165, 1.54) is 97.1 Å². The molecule has 692 valence electrons. The van der Waals surface area contributed by atoms with Crippen LogP contribution in [0.2, 0.25) is 0 Å². The zero-order valence-corrected chi connectivity index (χ0v) is 71.3. The van der Waals surface area contributed by atoms with Crippen LogP contribution in [0.4, 0.5) is 0 Å². The molecule has 0 aromatic heterocycles. The first-order valence-corrected chi connectivity index (χ1v) is 41.3. The van der Waals surface area contributed by atoms with Crippen LogP contribution in [0.1, 0.15) is 156 Å². The van der Waals surface area contributed by atoms with Gasteiger partial charge >= 0.3 is 0 Å². The van der Waals surface area contributed by atoms with E-state index >= 15 is 0 Å². The number of amides is 13. The molecule has 0 aliphatic heterocycles. The normalized spacial score (nSPS) is 14.3. The number of hydrogen-bond acceptors (Lipinski definition) is 22. The zero-order chi connectivity index (χ0) is 95.3. The Morgan fingerprint density at radius 2 is 0.524 bits per heavy atom. The Hall–Kier alpha value is -13.8. The number of nitrogens with two attached hydrogens (primary N) is 7. The number of carbonyl (C=O) groups is 13. The number of benzene rings is 4. The average molecular weight is 1770 g/mol. The molecule has 0 bridgehead atoms. The van der Waals surface area contributed by atoms with Gasteiger partial charge in [0.15, 0.2) is 23.8 Å². The molecule has 4 aromatic rings. The second-order valence-corrected chi connectivity index (χ2v) is 31.2. The van der Waals surface area contributed by atoms with Crippen molar-refractivity contribution in [2.75, 3.05) is 26.2 Å². The summed E-state index contributed by atoms with van der Waals surface area (Å²) in [5, 5.41) is 110. The van der Waals surface area contributed by atoms with Gasteiger partial charge in [-0.15, -0.1) is 0 Å². The largest absolute Gasteiger partial charge is 0.508 e. The van der Waals surface area contributed by atoms with Gasteiger partial charge in [0.2, 0.25) is 76.8 Å². The number of rotatable bonds is 57. The minimum atomic E-state index is -1.71. The van der Waals surface area contributed by atoms with E-state index in [0.29, 0.717) is 22.3 Å². The van der Waals surface area contributed by atoms with Gasteiger partial charge in [-0.2, -0.15) is 0 Å². The lowest BCUT2D eigenvalue weighted by Crippen LogP contribution is -2.60. The average Bonchev–Trinajstić information content (AvgIpc) is 0.852. The number of phenols is 4. The third-order valence-corrected chi connectivity index (χ3v) is 19.7. The number of carbonyl (C=O) groups excluding carboxylic acids is 13. The first-order chi connectivity index (χ1) is 60.5. The quantitative estimate of drug-likeness (QED) is 0.0116. The highest BCUT2D eigenvalue weighted by Gasteiger charge is 2.37. The van der Waals surface area contributed by atoms with Crippen molar-refractivity contribution in [2.24, 2.45) is 52.0 Å². The number of nitrogens with one attached hydrogen (secondary N) is 19. The minimum Gasteiger partial charge on any atom is -0.508 e.